The Morgan fingerprint density at radius 3 is 2.43 bits per heavy atom. The summed E-state index contributed by atoms with van der Waals surface area (Å²) in [4.78, 5) is 0. The summed E-state index contributed by atoms with van der Waals surface area (Å²) in [6.45, 7) is 1.06. The lowest BCUT2D eigenvalue weighted by Gasteiger charge is -2.24. The Balaban J connectivity index is 1.71. The molecular formula is C11H21NO2. The van der Waals surface area contributed by atoms with Gasteiger partial charge in [-0.05, 0) is 43.6 Å². The van der Waals surface area contributed by atoms with Crippen molar-refractivity contribution < 1.29 is 10.2 Å². The summed E-state index contributed by atoms with van der Waals surface area (Å²) in [5.74, 6) is 2.70. The quantitative estimate of drug-likeness (QED) is 0.599. The normalized spacial score (nSPS) is 35.8. The fraction of sp³-hybridized carbons (Fsp3) is 1.00. The first-order valence-electron chi connectivity index (χ1n) is 5.78. The highest BCUT2D eigenvalue weighted by Gasteiger charge is 2.39. The molecule has 2 bridgehead atoms. The van der Waals surface area contributed by atoms with Crippen LogP contribution in [0.15, 0.2) is 0 Å². The Morgan fingerprint density at radius 2 is 1.93 bits per heavy atom. The Kier molecular flexibility index (Phi) is 3.42. The maximum atomic E-state index is 8.91. The van der Waals surface area contributed by atoms with Gasteiger partial charge in [0.1, 0.15) is 0 Å². The molecule has 2 rings (SSSR count). The van der Waals surface area contributed by atoms with Crippen molar-refractivity contribution in [2.45, 2.75) is 31.7 Å². The number of hydrogen-bond acceptors (Lipinski definition) is 3. The molecule has 3 atom stereocenters. The van der Waals surface area contributed by atoms with Crippen LogP contribution in [0.4, 0.5) is 0 Å². The summed E-state index contributed by atoms with van der Waals surface area (Å²) in [6, 6.07) is -0.117. The molecule has 0 saturated heterocycles. The fourth-order valence-electron chi connectivity index (χ4n) is 3.13. The van der Waals surface area contributed by atoms with E-state index in [2.05, 4.69) is 5.32 Å². The smallest absolute Gasteiger partial charge is 0.0607 e. The van der Waals surface area contributed by atoms with Gasteiger partial charge < -0.3 is 15.5 Å². The van der Waals surface area contributed by atoms with Crippen molar-refractivity contribution in [3.8, 4) is 0 Å². The van der Waals surface area contributed by atoms with E-state index in [1.54, 1.807) is 0 Å². The first kappa shape index (κ1) is 10.4. The van der Waals surface area contributed by atoms with E-state index in [-0.39, 0.29) is 19.3 Å². The van der Waals surface area contributed by atoms with Crippen LogP contribution >= 0.6 is 0 Å². The van der Waals surface area contributed by atoms with E-state index in [0.29, 0.717) is 0 Å². The van der Waals surface area contributed by atoms with E-state index in [9.17, 15) is 0 Å². The van der Waals surface area contributed by atoms with Crippen molar-refractivity contribution in [2.75, 3.05) is 19.8 Å². The number of hydrogen-bond donors (Lipinski definition) is 3. The fourth-order valence-corrected chi connectivity index (χ4v) is 3.13. The monoisotopic (exact) mass is 199 g/mol. The molecule has 82 valence electrons. The van der Waals surface area contributed by atoms with Crippen LogP contribution in [0.25, 0.3) is 0 Å². The lowest BCUT2D eigenvalue weighted by molar-refractivity contribution is 0.162. The largest absolute Gasteiger partial charge is 0.395 e. The second kappa shape index (κ2) is 4.60. The maximum Gasteiger partial charge on any atom is 0.0607 e. The summed E-state index contributed by atoms with van der Waals surface area (Å²) >= 11 is 0. The topological polar surface area (TPSA) is 52.5 Å². The van der Waals surface area contributed by atoms with Crippen LogP contribution in [0.2, 0.25) is 0 Å². The van der Waals surface area contributed by atoms with Gasteiger partial charge in [-0.15, -0.1) is 0 Å². The molecule has 0 spiro atoms. The molecule has 3 nitrogen and oxygen atoms in total. The summed E-state index contributed by atoms with van der Waals surface area (Å²) in [5.41, 5.74) is 0. The van der Waals surface area contributed by atoms with Crippen molar-refractivity contribution in [3.63, 3.8) is 0 Å². The SMILES string of the molecule is OCC(CO)NCC1CC2CCC1C2. The highest BCUT2D eigenvalue weighted by Crippen LogP contribution is 2.47. The van der Waals surface area contributed by atoms with Gasteiger partial charge in [0.2, 0.25) is 0 Å². The maximum absolute atomic E-state index is 8.91. The summed E-state index contributed by atoms with van der Waals surface area (Å²) in [6.07, 6.45) is 5.63. The van der Waals surface area contributed by atoms with Gasteiger partial charge in [0.25, 0.3) is 0 Å². The Bertz CT molecular complexity index is 182. The van der Waals surface area contributed by atoms with Gasteiger partial charge in [-0.3, -0.25) is 0 Å². The minimum atomic E-state index is -0.117. The van der Waals surface area contributed by atoms with Gasteiger partial charge in [0.05, 0.1) is 19.3 Å². The van der Waals surface area contributed by atoms with Gasteiger partial charge in [0.15, 0.2) is 0 Å². The lowest BCUT2D eigenvalue weighted by atomic mass is 9.89. The average molecular weight is 199 g/mol. The molecule has 2 aliphatic carbocycles. The van der Waals surface area contributed by atoms with E-state index >= 15 is 0 Å². The van der Waals surface area contributed by atoms with Crippen LogP contribution in [-0.4, -0.2) is 36.0 Å². The minimum Gasteiger partial charge on any atom is -0.395 e. The van der Waals surface area contributed by atoms with Crippen molar-refractivity contribution in [3.05, 3.63) is 0 Å². The zero-order valence-electron chi connectivity index (χ0n) is 8.65. The number of rotatable bonds is 5. The van der Waals surface area contributed by atoms with Crippen LogP contribution in [-0.2, 0) is 0 Å². The number of fused-ring (bicyclic) bond motifs is 2. The summed E-state index contributed by atoms with van der Waals surface area (Å²) < 4.78 is 0. The molecule has 3 heteroatoms. The minimum absolute atomic E-state index is 0.0390. The Hall–Kier alpha value is -0.120. The number of aliphatic hydroxyl groups excluding tert-OH is 2. The molecule has 0 heterocycles. The predicted molar refractivity (Wildman–Crippen MR) is 54.9 cm³/mol. The first-order valence-corrected chi connectivity index (χ1v) is 5.78. The highest BCUT2D eigenvalue weighted by molar-refractivity contribution is 4.91. The third-order valence-electron chi connectivity index (χ3n) is 3.99. The van der Waals surface area contributed by atoms with Gasteiger partial charge in [-0.1, -0.05) is 6.42 Å². The lowest BCUT2D eigenvalue weighted by Crippen LogP contribution is -2.39. The molecule has 2 fully saturated rings. The van der Waals surface area contributed by atoms with Gasteiger partial charge >= 0.3 is 0 Å². The molecule has 0 aromatic carbocycles. The molecule has 0 radical (unpaired) electrons. The average Bonchev–Trinajstić information content (AvgIpc) is 2.80. The second-order valence-electron chi connectivity index (χ2n) is 4.91. The van der Waals surface area contributed by atoms with Crippen LogP contribution in [0.1, 0.15) is 25.7 Å². The van der Waals surface area contributed by atoms with Gasteiger partial charge in [-0.25, -0.2) is 0 Å². The molecule has 0 amide bonds. The molecular weight excluding hydrogens is 178 g/mol. The Morgan fingerprint density at radius 1 is 1.14 bits per heavy atom. The molecule has 3 unspecified atom stereocenters. The standard InChI is InChI=1S/C11H21NO2/c13-6-11(7-14)12-5-10-4-8-1-2-9(10)3-8/h8-14H,1-7H2. The van der Waals surface area contributed by atoms with Crippen LogP contribution < -0.4 is 5.32 Å². The highest BCUT2D eigenvalue weighted by atomic mass is 16.3. The summed E-state index contributed by atoms with van der Waals surface area (Å²) in [7, 11) is 0. The van der Waals surface area contributed by atoms with Crippen LogP contribution in [0.5, 0.6) is 0 Å². The third kappa shape index (κ3) is 2.10. The van der Waals surface area contributed by atoms with E-state index in [0.717, 1.165) is 24.3 Å². The van der Waals surface area contributed by atoms with Crippen molar-refractivity contribution in [2.24, 2.45) is 17.8 Å². The first-order chi connectivity index (χ1) is 6.83. The van der Waals surface area contributed by atoms with Gasteiger partial charge in [-0.2, -0.15) is 0 Å². The number of nitrogens with one attached hydrogen (secondary N) is 1. The zero-order chi connectivity index (χ0) is 9.97. The van der Waals surface area contributed by atoms with Crippen molar-refractivity contribution in [1.29, 1.82) is 0 Å². The van der Waals surface area contributed by atoms with E-state index in [1.165, 1.54) is 25.7 Å². The van der Waals surface area contributed by atoms with Crippen molar-refractivity contribution in [1.82, 2.24) is 5.32 Å². The molecule has 3 N–H and O–H groups in total. The molecule has 2 saturated carbocycles. The van der Waals surface area contributed by atoms with Crippen LogP contribution in [0.3, 0.4) is 0 Å². The van der Waals surface area contributed by atoms with Crippen LogP contribution in [0, 0.1) is 17.8 Å². The third-order valence-corrected chi connectivity index (χ3v) is 3.99. The van der Waals surface area contributed by atoms with Crippen molar-refractivity contribution >= 4 is 0 Å². The zero-order valence-corrected chi connectivity index (χ0v) is 8.65. The molecule has 0 aliphatic heterocycles. The van der Waals surface area contributed by atoms with Gasteiger partial charge in [0, 0.05) is 0 Å². The Labute approximate surface area is 85.5 Å². The number of aliphatic hydroxyl groups is 2. The van der Waals surface area contributed by atoms with E-state index in [1.807, 2.05) is 0 Å². The van der Waals surface area contributed by atoms with E-state index < -0.39 is 0 Å². The summed E-state index contributed by atoms with van der Waals surface area (Å²) in [5, 5.41) is 21.1. The molecule has 2 aliphatic rings. The van der Waals surface area contributed by atoms with E-state index in [4.69, 9.17) is 10.2 Å². The molecule has 0 aromatic rings. The second-order valence-corrected chi connectivity index (χ2v) is 4.91. The predicted octanol–water partition coefficient (Wildman–Crippen LogP) is 0.365. The molecule has 14 heavy (non-hydrogen) atoms. The molecule has 0 aromatic heterocycles.